The lowest BCUT2D eigenvalue weighted by Gasteiger charge is -2.28. The van der Waals surface area contributed by atoms with Crippen molar-refractivity contribution in [2.24, 2.45) is 0 Å². The molecule has 1 amide bonds. The zero-order valence-corrected chi connectivity index (χ0v) is 13.6. The number of hydrogen-bond donors (Lipinski definition) is 2. The number of halogens is 1. The molecule has 2 aromatic rings. The Morgan fingerprint density at radius 2 is 2.16 bits per heavy atom. The van der Waals surface area contributed by atoms with Gasteiger partial charge in [-0.3, -0.25) is 4.79 Å². The SMILES string of the molecule is Cc1nc(N)nc2c1C(=O)NC(c1ccc(F)cc1C1C=COC1)C2. The van der Waals surface area contributed by atoms with Crippen LogP contribution >= 0.6 is 0 Å². The fourth-order valence-electron chi connectivity index (χ4n) is 3.50. The molecular weight excluding hydrogens is 323 g/mol. The van der Waals surface area contributed by atoms with E-state index >= 15 is 0 Å². The van der Waals surface area contributed by atoms with Crippen molar-refractivity contribution in [3.05, 3.63) is 64.4 Å². The standard InChI is InChI=1S/C18H17FN4O2/c1-9-16-15(23-18(20)21-9)7-14(22-17(16)24)12-3-2-11(19)6-13(12)10-4-5-25-8-10/h2-6,10,14H,7-8H2,1H3,(H,22,24)(H2,20,21,23). The lowest BCUT2D eigenvalue weighted by molar-refractivity contribution is 0.0922. The van der Waals surface area contributed by atoms with Crippen LogP contribution in [0.4, 0.5) is 10.3 Å². The van der Waals surface area contributed by atoms with Gasteiger partial charge >= 0.3 is 0 Å². The van der Waals surface area contributed by atoms with Crippen molar-refractivity contribution in [3.8, 4) is 0 Å². The Morgan fingerprint density at radius 3 is 2.92 bits per heavy atom. The van der Waals surface area contributed by atoms with Crippen LogP contribution in [0.3, 0.4) is 0 Å². The minimum atomic E-state index is -0.316. The molecule has 3 N–H and O–H groups in total. The molecule has 2 atom stereocenters. The van der Waals surface area contributed by atoms with Gasteiger partial charge in [-0.1, -0.05) is 6.07 Å². The Kier molecular flexibility index (Phi) is 3.63. The molecule has 2 unspecified atom stereocenters. The van der Waals surface area contributed by atoms with Gasteiger partial charge in [0.25, 0.3) is 5.91 Å². The van der Waals surface area contributed by atoms with Crippen molar-refractivity contribution < 1.29 is 13.9 Å². The molecule has 1 aromatic heterocycles. The number of nitrogens with two attached hydrogens (primary N) is 1. The third-order valence-electron chi connectivity index (χ3n) is 4.62. The number of aromatic nitrogens is 2. The normalized spacial score (nSPS) is 21.6. The quantitative estimate of drug-likeness (QED) is 0.874. The van der Waals surface area contributed by atoms with Crippen LogP contribution in [0.5, 0.6) is 0 Å². The van der Waals surface area contributed by atoms with Crippen molar-refractivity contribution in [2.75, 3.05) is 12.3 Å². The lowest BCUT2D eigenvalue weighted by Crippen LogP contribution is -2.37. The lowest BCUT2D eigenvalue weighted by atomic mass is 9.87. The molecule has 0 saturated heterocycles. The zero-order valence-electron chi connectivity index (χ0n) is 13.6. The van der Waals surface area contributed by atoms with Gasteiger partial charge < -0.3 is 15.8 Å². The number of ether oxygens (including phenoxy) is 1. The van der Waals surface area contributed by atoms with E-state index < -0.39 is 0 Å². The second-order valence-electron chi connectivity index (χ2n) is 6.26. The van der Waals surface area contributed by atoms with E-state index in [0.717, 1.165) is 11.1 Å². The topological polar surface area (TPSA) is 90.1 Å². The number of nitrogens with one attached hydrogen (secondary N) is 1. The van der Waals surface area contributed by atoms with Gasteiger partial charge in [0.05, 0.1) is 35.9 Å². The predicted molar refractivity (Wildman–Crippen MR) is 89.3 cm³/mol. The zero-order chi connectivity index (χ0) is 17.6. The third-order valence-corrected chi connectivity index (χ3v) is 4.62. The number of hydrogen-bond acceptors (Lipinski definition) is 5. The number of carbonyl (C=O) groups excluding carboxylic acids is 1. The van der Waals surface area contributed by atoms with Gasteiger partial charge in [-0.25, -0.2) is 14.4 Å². The Morgan fingerprint density at radius 1 is 1.32 bits per heavy atom. The summed E-state index contributed by atoms with van der Waals surface area (Å²) in [4.78, 5) is 20.9. The Balaban J connectivity index is 1.76. The second-order valence-corrected chi connectivity index (χ2v) is 6.26. The van der Waals surface area contributed by atoms with Gasteiger partial charge in [0, 0.05) is 12.3 Å². The molecule has 6 nitrogen and oxygen atoms in total. The summed E-state index contributed by atoms with van der Waals surface area (Å²) in [6.07, 6.45) is 3.98. The van der Waals surface area contributed by atoms with Crippen molar-refractivity contribution in [3.63, 3.8) is 0 Å². The number of fused-ring (bicyclic) bond motifs is 1. The number of nitrogens with zero attached hydrogens (tertiary/aromatic N) is 2. The van der Waals surface area contributed by atoms with Gasteiger partial charge in [0.1, 0.15) is 5.82 Å². The van der Waals surface area contributed by atoms with E-state index in [1.807, 2.05) is 6.08 Å². The summed E-state index contributed by atoms with van der Waals surface area (Å²) in [6.45, 7) is 2.20. The molecule has 2 aliphatic heterocycles. The highest BCUT2D eigenvalue weighted by molar-refractivity contribution is 5.97. The minimum absolute atomic E-state index is 0.0406. The maximum Gasteiger partial charge on any atom is 0.255 e. The average molecular weight is 340 g/mol. The van der Waals surface area contributed by atoms with E-state index in [0.29, 0.717) is 30.0 Å². The molecule has 0 spiro atoms. The van der Waals surface area contributed by atoms with Crippen molar-refractivity contribution >= 4 is 11.9 Å². The third kappa shape index (κ3) is 2.71. The Bertz CT molecular complexity index is 897. The molecule has 0 bridgehead atoms. The van der Waals surface area contributed by atoms with Crippen LogP contribution in [0.15, 0.2) is 30.5 Å². The van der Waals surface area contributed by atoms with Crippen LogP contribution in [0.2, 0.25) is 0 Å². The molecule has 0 radical (unpaired) electrons. The van der Waals surface area contributed by atoms with E-state index in [1.54, 1.807) is 19.3 Å². The van der Waals surface area contributed by atoms with E-state index in [2.05, 4.69) is 15.3 Å². The molecule has 4 rings (SSSR count). The summed E-state index contributed by atoms with van der Waals surface area (Å²) in [5.41, 5.74) is 9.04. The number of carbonyl (C=O) groups is 1. The molecule has 25 heavy (non-hydrogen) atoms. The van der Waals surface area contributed by atoms with E-state index in [9.17, 15) is 9.18 Å². The van der Waals surface area contributed by atoms with Gasteiger partial charge in [-0.15, -0.1) is 0 Å². The van der Waals surface area contributed by atoms with Crippen LogP contribution in [-0.4, -0.2) is 22.5 Å². The number of rotatable bonds is 2. The summed E-state index contributed by atoms with van der Waals surface area (Å²) < 4.78 is 19.1. The van der Waals surface area contributed by atoms with Gasteiger partial charge in [0.15, 0.2) is 0 Å². The maximum atomic E-state index is 13.8. The van der Waals surface area contributed by atoms with Crippen molar-refractivity contribution in [2.45, 2.75) is 25.3 Å². The first-order valence-electron chi connectivity index (χ1n) is 8.04. The summed E-state index contributed by atoms with van der Waals surface area (Å²) in [6, 6.07) is 4.31. The van der Waals surface area contributed by atoms with E-state index in [-0.39, 0.29) is 29.6 Å². The van der Waals surface area contributed by atoms with Crippen LogP contribution < -0.4 is 11.1 Å². The smallest absolute Gasteiger partial charge is 0.255 e. The summed E-state index contributed by atoms with van der Waals surface area (Å²) in [7, 11) is 0. The summed E-state index contributed by atoms with van der Waals surface area (Å²) in [5, 5.41) is 2.99. The number of aryl methyl sites for hydroxylation is 1. The second kappa shape index (κ2) is 5.84. The summed E-state index contributed by atoms with van der Waals surface area (Å²) >= 11 is 0. The number of nitrogen functional groups attached to an aromatic ring is 1. The predicted octanol–water partition coefficient (Wildman–Crippen LogP) is 2.16. The fraction of sp³-hybridized carbons (Fsp3) is 0.278. The van der Waals surface area contributed by atoms with Crippen molar-refractivity contribution in [1.29, 1.82) is 0 Å². The van der Waals surface area contributed by atoms with Gasteiger partial charge in [-0.05, 0) is 36.3 Å². The molecule has 2 aliphatic rings. The highest BCUT2D eigenvalue weighted by atomic mass is 19.1. The number of amides is 1. The van der Waals surface area contributed by atoms with Gasteiger partial charge in [-0.2, -0.15) is 0 Å². The number of anilines is 1. The van der Waals surface area contributed by atoms with Crippen LogP contribution in [0, 0.1) is 12.7 Å². The number of benzene rings is 1. The molecule has 128 valence electrons. The van der Waals surface area contributed by atoms with E-state index in [1.165, 1.54) is 12.1 Å². The molecule has 7 heteroatoms. The Labute approximate surface area is 143 Å². The van der Waals surface area contributed by atoms with Crippen LogP contribution in [0.25, 0.3) is 0 Å². The molecular formula is C18H17FN4O2. The average Bonchev–Trinajstić information content (AvgIpc) is 3.07. The molecule has 0 fully saturated rings. The largest absolute Gasteiger partial charge is 0.501 e. The maximum absolute atomic E-state index is 13.8. The first-order chi connectivity index (χ1) is 12.0. The molecule has 0 aliphatic carbocycles. The van der Waals surface area contributed by atoms with Gasteiger partial charge in [0.2, 0.25) is 5.95 Å². The minimum Gasteiger partial charge on any atom is -0.501 e. The van der Waals surface area contributed by atoms with E-state index in [4.69, 9.17) is 10.5 Å². The van der Waals surface area contributed by atoms with Crippen LogP contribution in [0.1, 0.15) is 44.8 Å². The fourth-order valence-corrected chi connectivity index (χ4v) is 3.50. The molecule has 3 heterocycles. The molecule has 1 aromatic carbocycles. The molecule has 0 saturated carbocycles. The van der Waals surface area contributed by atoms with Crippen molar-refractivity contribution in [1.82, 2.24) is 15.3 Å². The monoisotopic (exact) mass is 340 g/mol. The highest BCUT2D eigenvalue weighted by Crippen LogP contribution is 2.34. The first-order valence-corrected chi connectivity index (χ1v) is 8.04. The summed E-state index contributed by atoms with van der Waals surface area (Å²) in [5.74, 6) is -0.446. The van der Waals surface area contributed by atoms with Crippen LogP contribution in [-0.2, 0) is 11.2 Å². The first kappa shape index (κ1) is 15.6. The highest BCUT2D eigenvalue weighted by Gasteiger charge is 2.31. The Hall–Kier alpha value is -2.96.